The highest BCUT2D eigenvalue weighted by Gasteiger charge is 2.33. The van der Waals surface area contributed by atoms with E-state index in [1.165, 1.54) is 27.4 Å². The van der Waals surface area contributed by atoms with Gasteiger partial charge in [0.1, 0.15) is 4.88 Å². The van der Waals surface area contributed by atoms with Crippen LogP contribution in [-0.2, 0) is 19.6 Å². The molecule has 10 heteroatoms. The number of piperidine rings is 1. The molecule has 2 heterocycles. The summed E-state index contributed by atoms with van der Waals surface area (Å²) in [6.45, 7) is 4.42. The predicted molar refractivity (Wildman–Crippen MR) is 123 cm³/mol. The molecule has 168 valence electrons. The molecule has 1 aromatic carbocycles. The normalized spacial score (nSPS) is 15.6. The van der Waals surface area contributed by atoms with Crippen molar-refractivity contribution < 1.29 is 22.7 Å². The number of thioether (sulfide) groups is 1. The van der Waals surface area contributed by atoms with E-state index in [9.17, 15) is 18.0 Å². The largest absolute Gasteiger partial charge is 0.462 e. The molecule has 2 aromatic rings. The standard InChI is InChI=1S/C21H26N2O5S3/c1-4-28-21(25)19-14(2)13-18(30-19)22-20(24)15-9-11-23(12-10-15)31(26,27)17-8-6-5-7-16(17)29-3/h5-8,13,15H,4,9-12H2,1-3H3,(H,22,24). The highest BCUT2D eigenvalue weighted by Crippen LogP contribution is 2.31. The van der Waals surface area contributed by atoms with Crippen LogP contribution in [0.3, 0.4) is 0 Å². The van der Waals surface area contributed by atoms with Crippen LogP contribution < -0.4 is 5.32 Å². The summed E-state index contributed by atoms with van der Waals surface area (Å²) in [5, 5.41) is 3.47. The van der Waals surface area contributed by atoms with E-state index in [-0.39, 0.29) is 11.8 Å². The maximum absolute atomic E-state index is 13.1. The highest BCUT2D eigenvalue weighted by molar-refractivity contribution is 7.99. The molecule has 7 nitrogen and oxygen atoms in total. The third kappa shape index (κ3) is 5.31. The number of ether oxygens (including phenoxy) is 1. The average Bonchev–Trinajstić information content (AvgIpc) is 3.13. The Morgan fingerprint density at radius 1 is 1.26 bits per heavy atom. The van der Waals surface area contributed by atoms with Crippen LogP contribution in [0.5, 0.6) is 0 Å². The second kappa shape index (κ2) is 10.2. The molecule has 1 fully saturated rings. The fraction of sp³-hybridized carbons (Fsp3) is 0.429. The third-order valence-electron chi connectivity index (χ3n) is 5.14. The number of carbonyl (C=O) groups is 2. The summed E-state index contributed by atoms with van der Waals surface area (Å²) in [7, 11) is -3.60. The fourth-order valence-corrected chi connectivity index (χ4v) is 7.06. The summed E-state index contributed by atoms with van der Waals surface area (Å²) in [4.78, 5) is 26.2. The minimum atomic E-state index is -3.60. The number of thiophene rings is 1. The number of nitrogens with zero attached hydrogens (tertiary/aromatic N) is 1. The van der Waals surface area contributed by atoms with Gasteiger partial charge in [0.25, 0.3) is 0 Å². The topological polar surface area (TPSA) is 92.8 Å². The lowest BCUT2D eigenvalue weighted by Gasteiger charge is -2.30. The Morgan fingerprint density at radius 3 is 2.58 bits per heavy atom. The van der Waals surface area contributed by atoms with Crippen LogP contribution in [-0.4, -0.2) is 50.6 Å². The third-order valence-corrected chi connectivity index (χ3v) is 9.15. The van der Waals surface area contributed by atoms with Gasteiger partial charge < -0.3 is 10.1 Å². The number of aryl methyl sites for hydroxylation is 1. The molecule has 0 spiro atoms. The number of esters is 1. The first-order chi connectivity index (χ1) is 14.8. The molecular weight excluding hydrogens is 456 g/mol. The van der Waals surface area contributed by atoms with E-state index in [0.29, 0.717) is 52.2 Å². The van der Waals surface area contributed by atoms with E-state index in [4.69, 9.17) is 4.74 Å². The number of nitrogens with one attached hydrogen (secondary N) is 1. The van der Waals surface area contributed by atoms with Gasteiger partial charge >= 0.3 is 5.97 Å². The second-order valence-corrected chi connectivity index (χ2v) is 11.0. The zero-order chi connectivity index (χ0) is 22.6. The Bertz CT molecular complexity index is 1060. The lowest BCUT2D eigenvalue weighted by atomic mass is 9.97. The molecule has 0 bridgehead atoms. The van der Waals surface area contributed by atoms with Crippen LogP contribution >= 0.6 is 23.1 Å². The number of carbonyl (C=O) groups excluding carboxylic acids is 2. The van der Waals surface area contributed by atoms with Crippen LogP contribution in [0.2, 0.25) is 0 Å². The minimum Gasteiger partial charge on any atom is -0.462 e. The average molecular weight is 483 g/mol. The second-order valence-electron chi connectivity index (χ2n) is 7.16. The number of hydrogen-bond donors (Lipinski definition) is 1. The molecule has 0 saturated carbocycles. The van der Waals surface area contributed by atoms with Crippen LogP contribution in [0.4, 0.5) is 5.00 Å². The SMILES string of the molecule is CCOC(=O)c1sc(NC(=O)C2CCN(S(=O)(=O)c3ccccc3SC)CC2)cc1C. The Labute approximate surface area is 191 Å². The molecule has 1 aromatic heterocycles. The van der Waals surface area contributed by atoms with Gasteiger partial charge in [0.2, 0.25) is 15.9 Å². The molecule has 3 rings (SSSR count). The fourth-order valence-electron chi connectivity index (χ4n) is 3.50. The smallest absolute Gasteiger partial charge is 0.348 e. The van der Waals surface area contributed by atoms with E-state index in [1.54, 1.807) is 38.1 Å². The molecule has 1 aliphatic heterocycles. The van der Waals surface area contributed by atoms with Gasteiger partial charge in [-0.25, -0.2) is 13.2 Å². The van der Waals surface area contributed by atoms with Crippen molar-refractivity contribution >= 4 is 50.0 Å². The molecule has 1 N–H and O–H groups in total. The van der Waals surface area contributed by atoms with E-state index in [2.05, 4.69) is 5.32 Å². The van der Waals surface area contributed by atoms with Crippen LogP contribution in [0, 0.1) is 12.8 Å². The molecule has 1 aliphatic rings. The van der Waals surface area contributed by atoms with Crippen molar-refractivity contribution in [3.8, 4) is 0 Å². The highest BCUT2D eigenvalue weighted by atomic mass is 32.2. The Balaban J connectivity index is 1.63. The van der Waals surface area contributed by atoms with Gasteiger partial charge in [0.05, 0.1) is 16.5 Å². The van der Waals surface area contributed by atoms with Crippen molar-refractivity contribution in [2.45, 2.75) is 36.5 Å². The first-order valence-electron chi connectivity index (χ1n) is 9.99. The van der Waals surface area contributed by atoms with Crippen LogP contribution in [0.25, 0.3) is 0 Å². The summed E-state index contributed by atoms with van der Waals surface area (Å²) in [6.07, 6.45) is 2.74. The van der Waals surface area contributed by atoms with Gasteiger partial charge in [-0.15, -0.1) is 23.1 Å². The van der Waals surface area contributed by atoms with Crippen molar-refractivity contribution in [2.75, 3.05) is 31.3 Å². The summed E-state index contributed by atoms with van der Waals surface area (Å²) >= 11 is 2.59. The maximum atomic E-state index is 13.1. The summed E-state index contributed by atoms with van der Waals surface area (Å²) in [5.74, 6) is -0.830. The molecule has 0 aliphatic carbocycles. The lowest BCUT2D eigenvalue weighted by Crippen LogP contribution is -2.41. The number of amides is 1. The summed E-state index contributed by atoms with van der Waals surface area (Å²) < 4.78 is 32.6. The van der Waals surface area contributed by atoms with E-state index >= 15 is 0 Å². The van der Waals surface area contributed by atoms with Gasteiger partial charge in [0, 0.05) is 23.9 Å². The van der Waals surface area contributed by atoms with Crippen LogP contribution in [0.1, 0.15) is 35.0 Å². The first-order valence-corrected chi connectivity index (χ1v) is 13.5. The molecule has 0 radical (unpaired) electrons. The van der Waals surface area contributed by atoms with Crippen molar-refractivity contribution in [2.24, 2.45) is 5.92 Å². The molecule has 1 saturated heterocycles. The quantitative estimate of drug-likeness (QED) is 0.474. The van der Waals surface area contributed by atoms with E-state index < -0.39 is 16.0 Å². The Morgan fingerprint density at radius 2 is 1.94 bits per heavy atom. The molecule has 1 amide bonds. The number of hydrogen-bond acceptors (Lipinski definition) is 7. The Hall–Kier alpha value is -1.88. The zero-order valence-corrected chi connectivity index (χ0v) is 20.2. The predicted octanol–water partition coefficient (Wildman–Crippen LogP) is 3.99. The van der Waals surface area contributed by atoms with Gasteiger partial charge in [0.15, 0.2) is 0 Å². The van der Waals surface area contributed by atoms with E-state index in [1.807, 2.05) is 12.3 Å². The number of sulfonamides is 1. The Kier molecular flexibility index (Phi) is 7.79. The number of anilines is 1. The summed E-state index contributed by atoms with van der Waals surface area (Å²) in [6, 6.07) is 8.72. The van der Waals surface area contributed by atoms with E-state index in [0.717, 1.165) is 5.56 Å². The zero-order valence-electron chi connectivity index (χ0n) is 17.7. The molecule has 31 heavy (non-hydrogen) atoms. The molecule has 0 unspecified atom stereocenters. The van der Waals surface area contributed by atoms with Crippen molar-refractivity contribution in [3.05, 3.63) is 40.8 Å². The molecule has 0 atom stereocenters. The minimum absolute atomic E-state index is 0.154. The van der Waals surface area contributed by atoms with Crippen molar-refractivity contribution in [3.63, 3.8) is 0 Å². The van der Waals surface area contributed by atoms with Gasteiger partial charge in [-0.3, -0.25) is 4.79 Å². The lowest BCUT2D eigenvalue weighted by molar-refractivity contribution is -0.120. The van der Waals surface area contributed by atoms with Gasteiger partial charge in [-0.1, -0.05) is 12.1 Å². The van der Waals surface area contributed by atoms with Crippen molar-refractivity contribution in [1.82, 2.24) is 4.31 Å². The maximum Gasteiger partial charge on any atom is 0.348 e. The number of benzene rings is 1. The molecular formula is C21H26N2O5S3. The first kappa shape index (κ1) is 23.8. The summed E-state index contributed by atoms with van der Waals surface area (Å²) in [5.41, 5.74) is 0.757. The monoisotopic (exact) mass is 482 g/mol. The number of rotatable bonds is 7. The van der Waals surface area contributed by atoms with Crippen LogP contribution in [0.15, 0.2) is 40.1 Å². The van der Waals surface area contributed by atoms with Crippen molar-refractivity contribution in [1.29, 1.82) is 0 Å². The van der Waals surface area contributed by atoms with Gasteiger partial charge in [-0.05, 0) is 56.7 Å². The van der Waals surface area contributed by atoms with Gasteiger partial charge in [-0.2, -0.15) is 4.31 Å².